The SMILES string of the molecule is O=[N+]([O-])c1cc(Br)cc(OCC(O)CO)c1. The minimum absolute atomic E-state index is 0.108. The summed E-state index contributed by atoms with van der Waals surface area (Å²) in [5.41, 5.74) is -0.108. The van der Waals surface area contributed by atoms with E-state index in [4.69, 9.17) is 14.9 Å². The van der Waals surface area contributed by atoms with E-state index >= 15 is 0 Å². The molecule has 0 amide bonds. The van der Waals surface area contributed by atoms with Crippen molar-refractivity contribution in [1.82, 2.24) is 0 Å². The highest BCUT2D eigenvalue weighted by atomic mass is 79.9. The molecule has 0 radical (unpaired) electrons. The van der Waals surface area contributed by atoms with Crippen LogP contribution < -0.4 is 4.74 Å². The van der Waals surface area contributed by atoms with Gasteiger partial charge in [0.25, 0.3) is 5.69 Å². The van der Waals surface area contributed by atoms with Gasteiger partial charge in [0.15, 0.2) is 0 Å². The molecule has 0 spiro atoms. The van der Waals surface area contributed by atoms with Gasteiger partial charge in [-0.05, 0) is 6.07 Å². The van der Waals surface area contributed by atoms with Gasteiger partial charge in [0, 0.05) is 10.5 Å². The summed E-state index contributed by atoms with van der Waals surface area (Å²) in [4.78, 5) is 10.00. The highest BCUT2D eigenvalue weighted by Crippen LogP contribution is 2.26. The van der Waals surface area contributed by atoms with Gasteiger partial charge in [-0.15, -0.1) is 0 Å². The number of hydrogen-bond donors (Lipinski definition) is 2. The average Bonchev–Trinajstić information content (AvgIpc) is 2.25. The van der Waals surface area contributed by atoms with Crippen molar-refractivity contribution in [2.45, 2.75) is 6.10 Å². The highest BCUT2D eigenvalue weighted by Gasteiger charge is 2.10. The maximum absolute atomic E-state index is 10.5. The van der Waals surface area contributed by atoms with E-state index in [2.05, 4.69) is 15.9 Å². The lowest BCUT2D eigenvalue weighted by Crippen LogP contribution is -2.21. The third-order valence-corrected chi connectivity index (χ3v) is 2.18. The molecule has 0 aliphatic carbocycles. The van der Waals surface area contributed by atoms with E-state index < -0.39 is 17.6 Å². The predicted molar refractivity (Wildman–Crippen MR) is 59.4 cm³/mol. The maximum Gasteiger partial charge on any atom is 0.274 e. The second-order valence-corrected chi connectivity index (χ2v) is 3.97. The van der Waals surface area contributed by atoms with Crippen LogP contribution in [0.1, 0.15) is 0 Å². The molecule has 0 saturated carbocycles. The number of ether oxygens (including phenoxy) is 1. The third kappa shape index (κ3) is 3.76. The molecular formula is C9H10BrNO5. The largest absolute Gasteiger partial charge is 0.490 e. The molecule has 2 N–H and O–H groups in total. The summed E-state index contributed by atoms with van der Waals surface area (Å²) >= 11 is 3.11. The number of aliphatic hydroxyl groups is 2. The van der Waals surface area contributed by atoms with E-state index in [1.165, 1.54) is 18.2 Å². The molecule has 7 heteroatoms. The fourth-order valence-electron chi connectivity index (χ4n) is 0.982. The Balaban J connectivity index is 2.76. The van der Waals surface area contributed by atoms with E-state index in [1.807, 2.05) is 0 Å². The number of halogens is 1. The van der Waals surface area contributed by atoms with E-state index in [9.17, 15) is 10.1 Å². The number of rotatable bonds is 5. The molecule has 0 aromatic heterocycles. The summed E-state index contributed by atoms with van der Waals surface area (Å²) in [6, 6.07) is 4.13. The van der Waals surface area contributed by atoms with Crippen LogP contribution in [0.3, 0.4) is 0 Å². The first-order valence-corrected chi connectivity index (χ1v) is 5.19. The summed E-state index contributed by atoms with van der Waals surface area (Å²) in [6.45, 7) is -0.541. The Hall–Kier alpha value is -1.18. The van der Waals surface area contributed by atoms with E-state index in [1.54, 1.807) is 0 Å². The smallest absolute Gasteiger partial charge is 0.274 e. The van der Waals surface area contributed by atoms with Gasteiger partial charge in [-0.3, -0.25) is 10.1 Å². The van der Waals surface area contributed by atoms with E-state index in [-0.39, 0.29) is 18.0 Å². The number of aliphatic hydroxyl groups excluding tert-OH is 2. The molecule has 0 aliphatic rings. The topological polar surface area (TPSA) is 92.8 Å². The standard InChI is InChI=1S/C9H10BrNO5/c10-6-1-7(11(14)15)3-9(2-6)16-5-8(13)4-12/h1-3,8,12-13H,4-5H2. The van der Waals surface area contributed by atoms with Crippen molar-refractivity contribution in [3.05, 3.63) is 32.8 Å². The molecule has 16 heavy (non-hydrogen) atoms. The molecule has 1 atom stereocenters. The number of nitrogens with zero attached hydrogens (tertiary/aromatic N) is 1. The Labute approximate surface area is 99.7 Å². The lowest BCUT2D eigenvalue weighted by Gasteiger charge is -2.09. The fraction of sp³-hybridized carbons (Fsp3) is 0.333. The Kier molecular flexibility index (Phi) is 4.66. The van der Waals surface area contributed by atoms with Crippen LogP contribution in [0.25, 0.3) is 0 Å². The molecule has 6 nitrogen and oxygen atoms in total. The van der Waals surface area contributed by atoms with Crippen molar-refractivity contribution in [3.8, 4) is 5.75 Å². The van der Waals surface area contributed by atoms with Crippen molar-refractivity contribution < 1.29 is 19.9 Å². The van der Waals surface area contributed by atoms with Gasteiger partial charge < -0.3 is 14.9 Å². The van der Waals surface area contributed by atoms with Gasteiger partial charge in [0.2, 0.25) is 0 Å². The first-order chi connectivity index (χ1) is 7.52. The Morgan fingerprint density at radius 2 is 2.19 bits per heavy atom. The molecule has 0 aliphatic heterocycles. The lowest BCUT2D eigenvalue weighted by atomic mass is 10.3. The van der Waals surface area contributed by atoms with E-state index in [0.29, 0.717) is 4.47 Å². The van der Waals surface area contributed by atoms with Gasteiger partial charge >= 0.3 is 0 Å². The average molecular weight is 292 g/mol. The van der Waals surface area contributed by atoms with Gasteiger partial charge in [-0.25, -0.2) is 0 Å². The first kappa shape index (κ1) is 12.9. The van der Waals surface area contributed by atoms with Crippen LogP contribution in [0.4, 0.5) is 5.69 Å². The van der Waals surface area contributed by atoms with Crippen molar-refractivity contribution in [2.24, 2.45) is 0 Å². The molecular weight excluding hydrogens is 282 g/mol. The van der Waals surface area contributed by atoms with Crippen LogP contribution in [-0.4, -0.2) is 34.5 Å². The Morgan fingerprint density at radius 3 is 2.75 bits per heavy atom. The quantitative estimate of drug-likeness (QED) is 0.626. The third-order valence-electron chi connectivity index (χ3n) is 1.72. The zero-order chi connectivity index (χ0) is 12.1. The summed E-state index contributed by atoms with van der Waals surface area (Å²) in [5.74, 6) is 0.258. The normalized spacial score (nSPS) is 12.2. The molecule has 1 rings (SSSR count). The molecule has 1 aromatic carbocycles. The maximum atomic E-state index is 10.5. The van der Waals surface area contributed by atoms with Crippen molar-refractivity contribution in [2.75, 3.05) is 13.2 Å². The number of benzene rings is 1. The summed E-state index contributed by atoms with van der Waals surface area (Å²) in [7, 11) is 0. The number of non-ortho nitro benzene ring substituents is 1. The predicted octanol–water partition coefficient (Wildman–Crippen LogP) is 1.09. The zero-order valence-electron chi connectivity index (χ0n) is 8.17. The highest BCUT2D eigenvalue weighted by molar-refractivity contribution is 9.10. The minimum Gasteiger partial charge on any atom is -0.490 e. The van der Waals surface area contributed by atoms with E-state index in [0.717, 1.165) is 0 Å². The van der Waals surface area contributed by atoms with Crippen molar-refractivity contribution >= 4 is 21.6 Å². The number of nitro groups is 1. The Morgan fingerprint density at radius 1 is 1.50 bits per heavy atom. The molecule has 0 heterocycles. The van der Waals surface area contributed by atoms with Crippen molar-refractivity contribution in [1.29, 1.82) is 0 Å². The molecule has 1 aromatic rings. The fourth-order valence-corrected chi connectivity index (χ4v) is 1.44. The van der Waals surface area contributed by atoms with Gasteiger partial charge in [0.05, 0.1) is 17.6 Å². The number of hydrogen-bond acceptors (Lipinski definition) is 5. The second kappa shape index (κ2) is 5.78. The molecule has 0 saturated heterocycles. The van der Waals surface area contributed by atoms with Crippen LogP contribution in [-0.2, 0) is 0 Å². The summed E-state index contributed by atoms with van der Waals surface area (Å²) < 4.78 is 5.60. The van der Waals surface area contributed by atoms with Crippen LogP contribution in [0.5, 0.6) is 5.75 Å². The number of nitro benzene ring substituents is 1. The minimum atomic E-state index is -1.00. The lowest BCUT2D eigenvalue weighted by molar-refractivity contribution is -0.385. The second-order valence-electron chi connectivity index (χ2n) is 3.05. The van der Waals surface area contributed by atoms with Gasteiger partial charge in [0.1, 0.15) is 18.5 Å². The zero-order valence-corrected chi connectivity index (χ0v) is 9.75. The van der Waals surface area contributed by atoms with Gasteiger partial charge in [-0.2, -0.15) is 0 Å². The first-order valence-electron chi connectivity index (χ1n) is 4.39. The van der Waals surface area contributed by atoms with Crippen LogP contribution >= 0.6 is 15.9 Å². The monoisotopic (exact) mass is 291 g/mol. The van der Waals surface area contributed by atoms with Crippen LogP contribution in [0.15, 0.2) is 22.7 Å². The van der Waals surface area contributed by atoms with Crippen LogP contribution in [0, 0.1) is 10.1 Å². The summed E-state index contributed by atoms with van der Waals surface area (Å²) in [6.07, 6.45) is -1.00. The summed E-state index contributed by atoms with van der Waals surface area (Å²) in [5, 5.41) is 28.1. The molecule has 0 fully saturated rings. The molecule has 1 unspecified atom stereocenters. The Bertz CT molecular complexity index is 384. The van der Waals surface area contributed by atoms with Gasteiger partial charge in [-0.1, -0.05) is 15.9 Å². The molecule has 88 valence electrons. The molecule has 0 bridgehead atoms. The van der Waals surface area contributed by atoms with Crippen molar-refractivity contribution in [3.63, 3.8) is 0 Å². The van der Waals surface area contributed by atoms with Crippen LogP contribution in [0.2, 0.25) is 0 Å².